The molecule has 0 fully saturated rings. The summed E-state index contributed by atoms with van der Waals surface area (Å²) < 4.78 is 8.12. The Hall–Kier alpha value is -3.16. The molecule has 1 heterocycles. The maximum atomic E-state index is 12.8. The largest absolute Gasteiger partial charge is 0.494 e. The van der Waals surface area contributed by atoms with Crippen molar-refractivity contribution in [1.29, 1.82) is 0 Å². The van der Waals surface area contributed by atoms with Crippen molar-refractivity contribution in [3.05, 3.63) is 88.1 Å². The topological polar surface area (TPSA) is 69.0 Å². The van der Waals surface area contributed by atoms with Crippen LogP contribution in [0.15, 0.2) is 77.3 Å². The second kappa shape index (κ2) is 9.32. The van der Waals surface area contributed by atoms with E-state index in [0.29, 0.717) is 23.1 Å². The highest BCUT2D eigenvalue weighted by Crippen LogP contribution is 2.25. The van der Waals surface area contributed by atoms with Gasteiger partial charge in [-0.05, 0) is 67.6 Å². The molecule has 0 aliphatic carbocycles. The number of amides is 1. The quantitative estimate of drug-likeness (QED) is 0.355. The lowest BCUT2D eigenvalue weighted by Crippen LogP contribution is -2.14. The van der Waals surface area contributed by atoms with E-state index in [1.807, 2.05) is 55.5 Å². The lowest BCUT2D eigenvalue weighted by Gasteiger charge is -2.08. The van der Waals surface area contributed by atoms with Crippen molar-refractivity contribution in [1.82, 2.24) is 14.8 Å². The first-order valence-electron chi connectivity index (χ1n) is 9.56. The van der Waals surface area contributed by atoms with Crippen LogP contribution in [0.1, 0.15) is 17.5 Å². The van der Waals surface area contributed by atoms with Gasteiger partial charge in [0.1, 0.15) is 5.75 Å². The maximum Gasteiger partial charge on any atom is 0.295 e. The average Bonchev–Trinajstić information content (AvgIpc) is 3.22. The summed E-state index contributed by atoms with van der Waals surface area (Å²) in [6.07, 6.45) is 0. The number of rotatable bonds is 6. The summed E-state index contributed by atoms with van der Waals surface area (Å²) in [6, 6.07) is 22.0. The third-order valence-corrected chi connectivity index (χ3v) is 5.19. The van der Waals surface area contributed by atoms with E-state index in [-0.39, 0.29) is 5.82 Å². The molecular weight excluding hydrogens is 480 g/mol. The fourth-order valence-electron chi connectivity index (χ4n) is 2.94. The Kier molecular flexibility index (Phi) is 6.34. The smallest absolute Gasteiger partial charge is 0.295 e. The van der Waals surface area contributed by atoms with Crippen LogP contribution in [0.3, 0.4) is 0 Å². The van der Waals surface area contributed by atoms with Crippen LogP contribution >= 0.6 is 27.5 Å². The van der Waals surface area contributed by atoms with Crippen molar-refractivity contribution in [3.63, 3.8) is 0 Å². The molecule has 4 rings (SSSR count). The third kappa shape index (κ3) is 4.95. The van der Waals surface area contributed by atoms with Crippen molar-refractivity contribution in [2.45, 2.75) is 6.92 Å². The van der Waals surface area contributed by atoms with Crippen LogP contribution in [0, 0.1) is 0 Å². The summed E-state index contributed by atoms with van der Waals surface area (Å²) in [5.41, 5.74) is 2.20. The van der Waals surface area contributed by atoms with Crippen LogP contribution < -0.4 is 10.1 Å². The Balaban J connectivity index is 1.71. The van der Waals surface area contributed by atoms with Crippen molar-refractivity contribution < 1.29 is 9.53 Å². The number of nitrogens with one attached hydrogen (secondary N) is 1. The average molecular weight is 498 g/mol. The van der Waals surface area contributed by atoms with Gasteiger partial charge < -0.3 is 10.1 Å². The van der Waals surface area contributed by atoms with Gasteiger partial charge in [0.05, 0.1) is 12.3 Å². The fourth-order valence-corrected chi connectivity index (χ4v) is 3.33. The van der Waals surface area contributed by atoms with Crippen molar-refractivity contribution in [2.75, 3.05) is 11.9 Å². The van der Waals surface area contributed by atoms with Crippen LogP contribution in [0.25, 0.3) is 17.1 Å². The van der Waals surface area contributed by atoms with E-state index < -0.39 is 5.91 Å². The predicted molar refractivity (Wildman–Crippen MR) is 125 cm³/mol. The van der Waals surface area contributed by atoms with Gasteiger partial charge in [-0.1, -0.05) is 39.7 Å². The van der Waals surface area contributed by atoms with E-state index in [4.69, 9.17) is 16.3 Å². The zero-order chi connectivity index (χ0) is 21.8. The van der Waals surface area contributed by atoms with E-state index >= 15 is 0 Å². The van der Waals surface area contributed by atoms with Crippen molar-refractivity contribution in [3.8, 4) is 22.8 Å². The maximum absolute atomic E-state index is 12.8. The summed E-state index contributed by atoms with van der Waals surface area (Å²) in [5, 5.41) is 7.88. The number of nitrogens with zero attached hydrogens (tertiary/aromatic N) is 3. The minimum atomic E-state index is -0.412. The molecule has 0 unspecified atom stereocenters. The van der Waals surface area contributed by atoms with Crippen LogP contribution in [0.5, 0.6) is 5.75 Å². The standard InChI is InChI=1S/C23H18BrClN4O2/c1-2-31-20-13-11-19(12-14-20)29-22(15-3-5-16(24)6-4-15)27-21(28-29)23(30)26-18-9-7-17(25)8-10-18/h3-14H,2H2,1H3,(H,26,30). The lowest BCUT2D eigenvalue weighted by molar-refractivity contribution is 0.101. The molecule has 3 aromatic carbocycles. The molecule has 1 N–H and O–H groups in total. The van der Waals surface area contributed by atoms with Crippen molar-refractivity contribution in [2.24, 2.45) is 0 Å². The molecule has 156 valence electrons. The highest BCUT2D eigenvalue weighted by molar-refractivity contribution is 9.10. The van der Waals surface area contributed by atoms with Gasteiger partial charge in [0.2, 0.25) is 5.82 Å². The molecule has 4 aromatic rings. The molecule has 1 aromatic heterocycles. The van der Waals surface area contributed by atoms with Crippen molar-refractivity contribution >= 4 is 39.1 Å². The van der Waals surface area contributed by atoms with Gasteiger partial charge in [-0.2, -0.15) is 0 Å². The summed E-state index contributed by atoms with van der Waals surface area (Å²) >= 11 is 9.36. The molecule has 31 heavy (non-hydrogen) atoms. The predicted octanol–water partition coefficient (Wildman–Crippen LogP) is 6.00. The molecule has 0 spiro atoms. The van der Waals surface area contributed by atoms with Gasteiger partial charge in [0.15, 0.2) is 5.82 Å². The van der Waals surface area contributed by atoms with Gasteiger partial charge in [-0.3, -0.25) is 4.79 Å². The van der Waals surface area contributed by atoms with E-state index in [1.54, 1.807) is 28.9 Å². The molecule has 0 aliphatic heterocycles. The van der Waals surface area contributed by atoms with Crippen LogP contribution in [-0.4, -0.2) is 27.3 Å². The molecule has 8 heteroatoms. The Morgan fingerprint density at radius 1 is 1.03 bits per heavy atom. The summed E-state index contributed by atoms with van der Waals surface area (Å²) in [4.78, 5) is 17.3. The van der Waals surface area contributed by atoms with Gasteiger partial charge in [0, 0.05) is 20.7 Å². The number of hydrogen-bond donors (Lipinski definition) is 1. The molecule has 6 nitrogen and oxygen atoms in total. The van der Waals surface area contributed by atoms with Crippen LogP contribution in [-0.2, 0) is 0 Å². The minimum absolute atomic E-state index is 0.0572. The molecular formula is C23H18BrClN4O2. The number of benzene rings is 3. The van der Waals surface area contributed by atoms with Gasteiger partial charge >= 0.3 is 0 Å². The molecule has 0 radical (unpaired) electrons. The van der Waals surface area contributed by atoms with Gasteiger partial charge in [-0.15, -0.1) is 5.10 Å². The number of carbonyl (C=O) groups excluding carboxylic acids is 1. The van der Waals surface area contributed by atoms with Gasteiger partial charge in [-0.25, -0.2) is 9.67 Å². The Bertz CT molecular complexity index is 1190. The third-order valence-electron chi connectivity index (χ3n) is 4.41. The molecule has 0 saturated carbocycles. The number of anilines is 1. The molecule has 0 aliphatic rings. The normalized spacial score (nSPS) is 10.7. The number of hydrogen-bond acceptors (Lipinski definition) is 4. The number of carbonyl (C=O) groups is 1. The van der Waals surface area contributed by atoms with Gasteiger partial charge in [0.25, 0.3) is 5.91 Å². The lowest BCUT2D eigenvalue weighted by atomic mass is 10.2. The Labute approximate surface area is 193 Å². The molecule has 0 bridgehead atoms. The SMILES string of the molecule is CCOc1ccc(-n2nc(C(=O)Nc3ccc(Cl)cc3)nc2-c2ccc(Br)cc2)cc1. The summed E-state index contributed by atoms with van der Waals surface area (Å²) in [6.45, 7) is 2.52. The number of ether oxygens (including phenoxy) is 1. The molecule has 0 atom stereocenters. The zero-order valence-electron chi connectivity index (χ0n) is 16.5. The first kappa shape index (κ1) is 21.1. The monoisotopic (exact) mass is 496 g/mol. The Morgan fingerprint density at radius 2 is 1.71 bits per heavy atom. The first-order chi connectivity index (χ1) is 15.0. The number of aromatic nitrogens is 3. The van der Waals surface area contributed by atoms with E-state index in [9.17, 15) is 4.79 Å². The summed E-state index contributed by atoms with van der Waals surface area (Å²) in [7, 11) is 0. The summed E-state index contributed by atoms with van der Waals surface area (Å²) in [5.74, 6) is 0.960. The second-order valence-electron chi connectivity index (χ2n) is 6.57. The Morgan fingerprint density at radius 3 is 2.35 bits per heavy atom. The second-order valence-corrected chi connectivity index (χ2v) is 7.92. The van der Waals surface area contributed by atoms with E-state index in [1.165, 1.54) is 0 Å². The number of halogens is 2. The molecule has 0 saturated heterocycles. The highest BCUT2D eigenvalue weighted by atomic mass is 79.9. The minimum Gasteiger partial charge on any atom is -0.494 e. The first-order valence-corrected chi connectivity index (χ1v) is 10.7. The fraction of sp³-hybridized carbons (Fsp3) is 0.0870. The van der Waals surface area contributed by atoms with E-state index in [2.05, 4.69) is 31.3 Å². The van der Waals surface area contributed by atoms with Crippen LogP contribution in [0.4, 0.5) is 5.69 Å². The van der Waals surface area contributed by atoms with Crippen LogP contribution in [0.2, 0.25) is 5.02 Å². The highest BCUT2D eigenvalue weighted by Gasteiger charge is 2.19. The molecule has 1 amide bonds. The zero-order valence-corrected chi connectivity index (χ0v) is 18.9. The van der Waals surface area contributed by atoms with E-state index in [0.717, 1.165) is 21.5 Å².